The van der Waals surface area contributed by atoms with Crippen molar-refractivity contribution in [1.82, 2.24) is 4.90 Å². The number of anilines is 2. The maximum atomic E-state index is 6.21. The minimum atomic E-state index is 0.132. The molecular formula is C23H31N3O. The highest BCUT2D eigenvalue weighted by Crippen LogP contribution is 2.31. The van der Waals surface area contributed by atoms with Gasteiger partial charge in [0.1, 0.15) is 6.10 Å². The molecule has 0 spiro atoms. The average Bonchev–Trinajstić information content (AvgIpc) is 2.70. The van der Waals surface area contributed by atoms with Crippen LogP contribution in [0, 0.1) is 13.8 Å². The van der Waals surface area contributed by atoms with Gasteiger partial charge in [-0.25, -0.2) is 0 Å². The molecule has 2 fully saturated rings. The molecule has 4 heteroatoms. The quantitative estimate of drug-likeness (QED) is 0.827. The molecule has 1 unspecified atom stereocenters. The summed E-state index contributed by atoms with van der Waals surface area (Å²) in [6, 6.07) is 15.7. The van der Waals surface area contributed by atoms with E-state index in [2.05, 4.69) is 78.1 Å². The van der Waals surface area contributed by atoms with Crippen LogP contribution in [0.15, 0.2) is 42.5 Å². The maximum Gasteiger partial charge on any atom is 0.100 e. The minimum Gasteiger partial charge on any atom is -0.370 e. The van der Waals surface area contributed by atoms with Gasteiger partial charge in [-0.15, -0.1) is 0 Å². The lowest BCUT2D eigenvalue weighted by atomic mass is 10.00. The van der Waals surface area contributed by atoms with E-state index in [1.54, 1.807) is 0 Å². The largest absolute Gasteiger partial charge is 0.370 e. The number of hydrogen-bond acceptors (Lipinski definition) is 4. The SMILES string of the molecule is Cc1ccc(N2CCOC(c3cc(N4CCN(C)CC4)ccc3C)C2)cc1. The van der Waals surface area contributed by atoms with Crippen LogP contribution < -0.4 is 9.80 Å². The summed E-state index contributed by atoms with van der Waals surface area (Å²) >= 11 is 0. The van der Waals surface area contributed by atoms with E-state index in [0.717, 1.165) is 45.9 Å². The Hall–Kier alpha value is -2.04. The normalized spacial score (nSPS) is 21.5. The number of benzene rings is 2. The van der Waals surface area contributed by atoms with Crippen molar-refractivity contribution in [3.05, 3.63) is 59.2 Å². The van der Waals surface area contributed by atoms with Crippen LogP contribution in [0.5, 0.6) is 0 Å². The van der Waals surface area contributed by atoms with Crippen LogP contribution in [0.25, 0.3) is 0 Å². The molecule has 1 atom stereocenters. The molecule has 2 aromatic rings. The van der Waals surface area contributed by atoms with E-state index < -0.39 is 0 Å². The van der Waals surface area contributed by atoms with Crippen LogP contribution in [-0.2, 0) is 4.74 Å². The van der Waals surface area contributed by atoms with Crippen molar-refractivity contribution >= 4 is 11.4 Å². The molecule has 0 amide bonds. The van der Waals surface area contributed by atoms with Crippen LogP contribution in [0.2, 0.25) is 0 Å². The molecule has 0 bridgehead atoms. The first kappa shape index (κ1) is 18.3. The van der Waals surface area contributed by atoms with Crippen molar-refractivity contribution in [3.8, 4) is 0 Å². The van der Waals surface area contributed by atoms with Crippen molar-refractivity contribution in [2.45, 2.75) is 20.0 Å². The standard InChI is InChI=1S/C23H31N3O/c1-18-4-7-20(8-5-18)26-14-15-27-23(17-26)22-16-21(9-6-19(22)2)25-12-10-24(3)11-13-25/h4-9,16,23H,10-15,17H2,1-3H3. The van der Waals surface area contributed by atoms with Gasteiger partial charge in [0.2, 0.25) is 0 Å². The Morgan fingerprint density at radius 2 is 1.52 bits per heavy atom. The Labute approximate surface area is 163 Å². The molecule has 2 aromatic carbocycles. The zero-order valence-corrected chi connectivity index (χ0v) is 16.8. The first-order valence-corrected chi connectivity index (χ1v) is 10.1. The highest BCUT2D eigenvalue weighted by molar-refractivity contribution is 5.53. The molecule has 0 saturated carbocycles. The van der Waals surface area contributed by atoms with Gasteiger partial charge in [0.15, 0.2) is 0 Å². The van der Waals surface area contributed by atoms with Gasteiger partial charge in [-0.2, -0.15) is 0 Å². The second kappa shape index (κ2) is 7.91. The molecule has 2 aliphatic heterocycles. The highest BCUT2D eigenvalue weighted by atomic mass is 16.5. The summed E-state index contributed by atoms with van der Waals surface area (Å²) in [6.07, 6.45) is 0.132. The van der Waals surface area contributed by atoms with E-state index in [1.165, 1.54) is 28.1 Å². The van der Waals surface area contributed by atoms with Crippen molar-refractivity contribution in [2.75, 3.05) is 62.7 Å². The molecule has 0 radical (unpaired) electrons. The Balaban J connectivity index is 1.53. The summed E-state index contributed by atoms with van der Waals surface area (Å²) in [5, 5.41) is 0. The number of ether oxygens (including phenoxy) is 1. The van der Waals surface area contributed by atoms with Crippen molar-refractivity contribution in [3.63, 3.8) is 0 Å². The number of piperazine rings is 1. The van der Waals surface area contributed by atoms with E-state index in [0.29, 0.717) is 0 Å². The molecule has 4 nitrogen and oxygen atoms in total. The second-order valence-corrected chi connectivity index (χ2v) is 7.97. The molecule has 144 valence electrons. The Morgan fingerprint density at radius 1 is 0.815 bits per heavy atom. The topological polar surface area (TPSA) is 19.0 Å². The zero-order chi connectivity index (χ0) is 18.8. The average molecular weight is 366 g/mol. The number of nitrogens with zero attached hydrogens (tertiary/aromatic N) is 3. The number of likely N-dealkylation sites (N-methyl/N-ethyl adjacent to an activating group) is 1. The summed E-state index contributed by atoms with van der Waals surface area (Å²) in [4.78, 5) is 7.36. The monoisotopic (exact) mass is 365 g/mol. The van der Waals surface area contributed by atoms with Gasteiger partial charge >= 0.3 is 0 Å². The molecule has 0 aromatic heterocycles. The fraction of sp³-hybridized carbons (Fsp3) is 0.478. The van der Waals surface area contributed by atoms with Crippen LogP contribution in [0.3, 0.4) is 0 Å². The summed E-state index contributed by atoms with van der Waals surface area (Å²) in [6.45, 7) is 11.4. The first-order chi connectivity index (χ1) is 13.1. The second-order valence-electron chi connectivity index (χ2n) is 7.97. The molecule has 4 rings (SSSR count). The lowest BCUT2D eigenvalue weighted by Gasteiger charge is -2.37. The van der Waals surface area contributed by atoms with Crippen molar-refractivity contribution in [2.24, 2.45) is 0 Å². The summed E-state index contributed by atoms with van der Waals surface area (Å²) in [7, 11) is 2.20. The van der Waals surface area contributed by atoms with Gasteiger partial charge in [0, 0.05) is 50.6 Å². The summed E-state index contributed by atoms with van der Waals surface area (Å²) in [5.74, 6) is 0. The van der Waals surface area contributed by atoms with Crippen LogP contribution in [0.4, 0.5) is 11.4 Å². The van der Waals surface area contributed by atoms with Crippen LogP contribution in [-0.4, -0.2) is 57.8 Å². The van der Waals surface area contributed by atoms with Gasteiger partial charge in [-0.1, -0.05) is 23.8 Å². The third-order valence-electron chi connectivity index (χ3n) is 5.94. The van der Waals surface area contributed by atoms with E-state index >= 15 is 0 Å². The minimum absolute atomic E-state index is 0.132. The van der Waals surface area contributed by atoms with Crippen molar-refractivity contribution < 1.29 is 4.74 Å². The maximum absolute atomic E-state index is 6.21. The molecule has 0 N–H and O–H groups in total. The van der Waals surface area contributed by atoms with Gasteiger partial charge in [0.05, 0.1) is 6.61 Å². The number of morpholine rings is 1. The predicted octanol–water partition coefficient (Wildman–Crippen LogP) is 3.63. The number of hydrogen-bond donors (Lipinski definition) is 0. The lowest BCUT2D eigenvalue weighted by molar-refractivity contribution is 0.0394. The van der Waals surface area contributed by atoms with E-state index in [9.17, 15) is 0 Å². The first-order valence-electron chi connectivity index (χ1n) is 10.1. The molecule has 2 aliphatic rings. The summed E-state index contributed by atoms with van der Waals surface area (Å²) in [5.41, 5.74) is 6.59. The predicted molar refractivity (Wildman–Crippen MR) is 113 cm³/mol. The van der Waals surface area contributed by atoms with Crippen LogP contribution >= 0.6 is 0 Å². The highest BCUT2D eigenvalue weighted by Gasteiger charge is 2.25. The Bertz CT molecular complexity index is 766. The molecule has 27 heavy (non-hydrogen) atoms. The molecule has 0 aliphatic carbocycles. The van der Waals surface area contributed by atoms with Crippen LogP contribution in [0.1, 0.15) is 22.8 Å². The molecular weight excluding hydrogens is 334 g/mol. The number of aryl methyl sites for hydroxylation is 2. The number of rotatable bonds is 3. The van der Waals surface area contributed by atoms with E-state index in [-0.39, 0.29) is 6.10 Å². The smallest absolute Gasteiger partial charge is 0.100 e. The molecule has 2 saturated heterocycles. The van der Waals surface area contributed by atoms with Gasteiger partial charge < -0.3 is 19.4 Å². The molecule has 2 heterocycles. The lowest BCUT2D eigenvalue weighted by Crippen LogP contribution is -2.44. The summed E-state index contributed by atoms with van der Waals surface area (Å²) < 4.78 is 6.21. The third kappa shape index (κ3) is 4.12. The Morgan fingerprint density at radius 3 is 2.26 bits per heavy atom. The van der Waals surface area contributed by atoms with E-state index in [4.69, 9.17) is 4.74 Å². The fourth-order valence-electron chi connectivity index (χ4n) is 4.06. The van der Waals surface area contributed by atoms with Gasteiger partial charge in [-0.3, -0.25) is 0 Å². The van der Waals surface area contributed by atoms with Gasteiger partial charge in [0.25, 0.3) is 0 Å². The van der Waals surface area contributed by atoms with Gasteiger partial charge in [-0.05, 0) is 56.3 Å². The zero-order valence-electron chi connectivity index (χ0n) is 16.8. The Kier molecular flexibility index (Phi) is 5.37. The fourth-order valence-corrected chi connectivity index (χ4v) is 4.06. The van der Waals surface area contributed by atoms with Crippen molar-refractivity contribution in [1.29, 1.82) is 0 Å². The van der Waals surface area contributed by atoms with E-state index in [1.807, 2.05) is 0 Å². The third-order valence-corrected chi connectivity index (χ3v) is 5.94.